The Balaban J connectivity index is 1.13. The summed E-state index contributed by atoms with van der Waals surface area (Å²) < 4.78 is 20.9. The van der Waals surface area contributed by atoms with Crippen LogP contribution in [0.3, 0.4) is 0 Å². The average molecular weight is 839 g/mol. The van der Waals surface area contributed by atoms with E-state index < -0.39 is 0 Å². The summed E-state index contributed by atoms with van der Waals surface area (Å²) in [6, 6.07) is 65.2. The van der Waals surface area contributed by atoms with Crippen molar-refractivity contribution in [1.29, 1.82) is 0 Å². The first-order valence-electron chi connectivity index (χ1n) is 22.2. The van der Waals surface area contributed by atoms with Crippen molar-refractivity contribution in [1.82, 2.24) is 0 Å². The fraction of sp³-hybridized carbons (Fsp3) is 0.0667. The molecule has 0 aliphatic rings. The molecular formula is C60H42N2O3. The van der Waals surface area contributed by atoms with Crippen LogP contribution in [-0.4, -0.2) is 0 Å². The summed E-state index contributed by atoms with van der Waals surface area (Å²) in [6.07, 6.45) is 0. The minimum Gasteiger partial charge on any atom is -0.455 e. The van der Waals surface area contributed by atoms with Gasteiger partial charge >= 0.3 is 0 Å². The van der Waals surface area contributed by atoms with Crippen molar-refractivity contribution in [3.63, 3.8) is 0 Å². The predicted octanol–water partition coefficient (Wildman–Crippen LogP) is 17.9. The summed E-state index contributed by atoms with van der Waals surface area (Å²) in [5, 5.41) is 10.6. The molecule has 3 aromatic heterocycles. The number of para-hydroxylation sites is 4. The van der Waals surface area contributed by atoms with Crippen LogP contribution in [0, 0.1) is 27.7 Å². The topological polar surface area (TPSA) is 45.9 Å². The Morgan fingerprint density at radius 1 is 0.262 bits per heavy atom. The van der Waals surface area contributed by atoms with Crippen LogP contribution in [0.25, 0.3) is 87.4 Å². The highest BCUT2D eigenvalue weighted by molar-refractivity contribution is 6.26. The molecule has 13 rings (SSSR count). The van der Waals surface area contributed by atoms with Gasteiger partial charge in [-0.25, -0.2) is 0 Å². The third-order valence-corrected chi connectivity index (χ3v) is 13.4. The Morgan fingerprint density at radius 3 is 1.00 bits per heavy atom. The molecule has 10 aromatic carbocycles. The summed E-state index contributed by atoms with van der Waals surface area (Å²) in [5.74, 6) is 0. The van der Waals surface area contributed by atoms with Crippen LogP contribution in [0.5, 0.6) is 0 Å². The lowest BCUT2D eigenvalue weighted by Gasteiger charge is -2.27. The molecule has 0 aliphatic heterocycles. The SMILES string of the molecule is Cc1ccc(N(c2cc3c4cc(N(c5ccc(C)cc5)c5cccc6c5oc5c(C)cccc56)c5ccccc5c4oc3c3ccccc23)c2cccc3c2oc2c(C)cccc23)cc1. The van der Waals surface area contributed by atoms with Gasteiger partial charge in [0.25, 0.3) is 0 Å². The predicted molar refractivity (Wildman–Crippen MR) is 272 cm³/mol. The fourth-order valence-corrected chi connectivity index (χ4v) is 10.2. The maximum absolute atomic E-state index is 7.18. The molecule has 310 valence electrons. The summed E-state index contributed by atoms with van der Waals surface area (Å²) in [5.41, 5.74) is 15.8. The Morgan fingerprint density at radius 2 is 0.585 bits per heavy atom. The van der Waals surface area contributed by atoms with E-state index in [1.54, 1.807) is 0 Å². The Labute approximate surface area is 374 Å². The van der Waals surface area contributed by atoms with Crippen molar-refractivity contribution < 1.29 is 13.3 Å². The molecule has 0 atom stereocenters. The largest absolute Gasteiger partial charge is 0.455 e. The molecule has 5 heteroatoms. The molecule has 0 saturated heterocycles. The molecule has 0 amide bonds. The summed E-state index contributed by atoms with van der Waals surface area (Å²) >= 11 is 0. The number of benzene rings is 10. The minimum absolute atomic E-state index is 0.843. The third kappa shape index (κ3) is 5.58. The van der Waals surface area contributed by atoms with E-state index in [0.717, 1.165) is 133 Å². The standard InChI is InChI=1S/C60H42N2O3/c1-35-25-29-39(30-26-35)61(51-23-11-21-47-45-19-9-13-37(3)55(45)63-59(47)51)53-33-49-50-34-54(42-16-6-8-18-44(42)58(50)65-57(49)43-17-7-5-15-41(43)53)62(40-31-27-36(2)28-32-40)52-24-12-22-48-46-20-10-14-38(4)56(46)64-60(48)52/h5-34H,1-4H3. The summed E-state index contributed by atoms with van der Waals surface area (Å²) in [6.45, 7) is 8.49. The number of aryl methyl sites for hydroxylation is 4. The first-order valence-corrected chi connectivity index (χ1v) is 22.2. The molecule has 0 radical (unpaired) electrons. The Hall–Kier alpha value is -8.28. The number of fused-ring (bicyclic) bond motifs is 13. The first kappa shape index (κ1) is 37.3. The van der Waals surface area contributed by atoms with Gasteiger partial charge in [0.15, 0.2) is 11.2 Å². The molecule has 0 spiro atoms. The number of furan rings is 3. The van der Waals surface area contributed by atoms with Gasteiger partial charge in [0.1, 0.15) is 22.3 Å². The quantitative estimate of drug-likeness (QED) is 0.167. The van der Waals surface area contributed by atoms with Gasteiger partial charge in [-0.05, 0) is 87.4 Å². The molecule has 0 fully saturated rings. The normalized spacial score (nSPS) is 12.0. The second kappa shape index (κ2) is 14.1. The lowest BCUT2D eigenvalue weighted by molar-refractivity contribution is 0.665. The number of rotatable bonds is 6. The zero-order chi connectivity index (χ0) is 43.5. The van der Waals surface area contributed by atoms with Gasteiger partial charge in [-0.3, -0.25) is 0 Å². The van der Waals surface area contributed by atoms with Crippen molar-refractivity contribution in [3.8, 4) is 0 Å². The molecule has 0 N–H and O–H groups in total. The van der Waals surface area contributed by atoms with E-state index >= 15 is 0 Å². The zero-order valence-electron chi connectivity index (χ0n) is 36.4. The highest BCUT2D eigenvalue weighted by atomic mass is 16.3. The second-order valence-corrected chi connectivity index (χ2v) is 17.5. The molecule has 3 heterocycles. The van der Waals surface area contributed by atoms with Gasteiger partial charge < -0.3 is 23.1 Å². The summed E-state index contributed by atoms with van der Waals surface area (Å²) in [4.78, 5) is 4.73. The summed E-state index contributed by atoms with van der Waals surface area (Å²) in [7, 11) is 0. The van der Waals surface area contributed by atoms with Crippen molar-refractivity contribution >= 4 is 121 Å². The van der Waals surface area contributed by atoms with E-state index in [0.29, 0.717) is 0 Å². The van der Waals surface area contributed by atoms with Gasteiger partial charge in [0.2, 0.25) is 0 Å². The number of nitrogens with zero attached hydrogens (tertiary/aromatic N) is 2. The van der Waals surface area contributed by atoms with E-state index in [-0.39, 0.29) is 0 Å². The second-order valence-electron chi connectivity index (χ2n) is 17.5. The van der Waals surface area contributed by atoms with E-state index in [1.165, 1.54) is 11.1 Å². The molecule has 5 nitrogen and oxygen atoms in total. The fourth-order valence-electron chi connectivity index (χ4n) is 10.2. The van der Waals surface area contributed by atoms with Crippen LogP contribution in [0.4, 0.5) is 34.1 Å². The van der Waals surface area contributed by atoms with Crippen LogP contribution in [0.1, 0.15) is 22.3 Å². The van der Waals surface area contributed by atoms with Crippen molar-refractivity contribution in [2.24, 2.45) is 0 Å². The van der Waals surface area contributed by atoms with Crippen LogP contribution < -0.4 is 9.80 Å². The molecular weight excluding hydrogens is 797 g/mol. The maximum Gasteiger partial charge on any atom is 0.159 e. The van der Waals surface area contributed by atoms with Crippen LogP contribution >= 0.6 is 0 Å². The molecule has 0 saturated carbocycles. The molecule has 0 aliphatic carbocycles. The van der Waals surface area contributed by atoms with E-state index in [2.05, 4.69) is 219 Å². The van der Waals surface area contributed by atoms with Crippen molar-refractivity contribution in [3.05, 3.63) is 204 Å². The number of anilines is 6. The van der Waals surface area contributed by atoms with Crippen LogP contribution in [0.15, 0.2) is 195 Å². The van der Waals surface area contributed by atoms with Gasteiger partial charge in [-0.15, -0.1) is 0 Å². The van der Waals surface area contributed by atoms with E-state index in [1.807, 2.05) is 0 Å². The highest BCUT2D eigenvalue weighted by Gasteiger charge is 2.27. The molecule has 0 unspecified atom stereocenters. The molecule has 0 bridgehead atoms. The molecule has 65 heavy (non-hydrogen) atoms. The lowest BCUT2D eigenvalue weighted by atomic mass is 9.99. The zero-order valence-corrected chi connectivity index (χ0v) is 36.4. The minimum atomic E-state index is 0.843. The van der Waals surface area contributed by atoms with Crippen molar-refractivity contribution in [2.45, 2.75) is 27.7 Å². The van der Waals surface area contributed by atoms with Crippen LogP contribution in [0.2, 0.25) is 0 Å². The lowest BCUT2D eigenvalue weighted by Crippen LogP contribution is -2.11. The van der Waals surface area contributed by atoms with Gasteiger partial charge in [-0.2, -0.15) is 0 Å². The van der Waals surface area contributed by atoms with E-state index in [9.17, 15) is 0 Å². The Bertz CT molecular complexity index is 3790. The number of hydrogen-bond acceptors (Lipinski definition) is 5. The van der Waals surface area contributed by atoms with Gasteiger partial charge in [0.05, 0.1) is 22.7 Å². The third-order valence-electron chi connectivity index (χ3n) is 13.4. The van der Waals surface area contributed by atoms with E-state index in [4.69, 9.17) is 13.3 Å². The van der Waals surface area contributed by atoms with Crippen LogP contribution in [-0.2, 0) is 0 Å². The van der Waals surface area contributed by atoms with Crippen molar-refractivity contribution in [2.75, 3.05) is 9.80 Å². The smallest absolute Gasteiger partial charge is 0.159 e. The Kier molecular flexibility index (Phi) is 8.10. The number of hydrogen-bond donors (Lipinski definition) is 0. The monoisotopic (exact) mass is 838 g/mol. The average Bonchev–Trinajstić information content (AvgIpc) is 4.04. The van der Waals surface area contributed by atoms with Gasteiger partial charge in [-0.1, -0.05) is 145 Å². The maximum atomic E-state index is 7.18. The first-order chi connectivity index (χ1) is 31.9. The molecule has 13 aromatic rings. The highest BCUT2D eigenvalue weighted by Crippen LogP contribution is 2.51. The van der Waals surface area contributed by atoms with Gasteiger partial charge in [0, 0.05) is 65.2 Å².